The molecule has 25 heavy (non-hydrogen) atoms. The van der Waals surface area contributed by atoms with Gasteiger partial charge in [0.2, 0.25) is 5.91 Å². The van der Waals surface area contributed by atoms with Gasteiger partial charge in [-0.3, -0.25) is 4.79 Å². The number of hydrogen-bond acceptors (Lipinski definition) is 5. The summed E-state index contributed by atoms with van der Waals surface area (Å²) in [4.78, 5) is 11.8. The summed E-state index contributed by atoms with van der Waals surface area (Å²) in [5.41, 5.74) is 4.70. The van der Waals surface area contributed by atoms with Crippen LogP contribution >= 0.6 is 23.5 Å². The molecule has 3 rings (SSSR count). The van der Waals surface area contributed by atoms with Crippen molar-refractivity contribution in [2.24, 2.45) is 5.10 Å². The summed E-state index contributed by atoms with van der Waals surface area (Å²) < 4.78 is 5.79. The number of hydrazone groups is 1. The van der Waals surface area contributed by atoms with Gasteiger partial charge in [-0.15, -0.1) is 11.8 Å². The van der Waals surface area contributed by atoms with Crippen molar-refractivity contribution in [2.75, 3.05) is 17.3 Å². The fourth-order valence-electron chi connectivity index (χ4n) is 2.15. The molecule has 1 heterocycles. The van der Waals surface area contributed by atoms with Gasteiger partial charge < -0.3 is 4.74 Å². The molecule has 0 aromatic heterocycles. The van der Waals surface area contributed by atoms with Gasteiger partial charge >= 0.3 is 0 Å². The molecule has 0 saturated carbocycles. The van der Waals surface area contributed by atoms with Gasteiger partial charge in [0.1, 0.15) is 11.9 Å². The van der Waals surface area contributed by atoms with Crippen LogP contribution in [0.2, 0.25) is 0 Å². The molecule has 1 N–H and O–H groups in total. The normalized spacial score (nSPS) is 14.2. The SMILES string of the molecule is O=C(CSCc1ccccc1)NN=Cc1ccc(OC2CSC2)cc1. The lowest BCUT2D eigenvalue weighted by atomic mass is 10.2. The highest BCUT2D eigenvalue weighted by Crippen LogP contribution is 2.23. The Morgan fingerprint density at radius 2 is 1.96 bits per heavy atom. The van der Waals surface area contributed by atoms with E-state index >= 15 is 0 Å². The molecule has 0 aliphatic carbocycles. The molecule has 0 spiro atoms. The average Bonchev–Trinajstić information content (AvgIpc) is 2.60. The van der Waals surface area contributed by atoms with E-state index in [1.54, 1.807) is 18.0 Å². The predicted molar refractivity (Wildman–Crippen MR) is 107 cm³/mol. The van der Waals surface area contributed by atoms with Gasteiger partial charge in [-0.2, -0.15) is 16.9 Å². The zero-order valence-electron chi connectivity index (χ0n) is 13.8. The molecule has 1 aliphatic rings. The highest BCUT2D eigenvalue weighted by Gasteiger charge is 2.19. The summed E-state index contributed by atoms with van der Waals surface area (Å²) in [6.45, 7) is 0. The van der Waals surface area contributed by atoms with Crippen molar-refractivity contribution in [1.29, 1.82) is 0 Å². The van der Waals surface area contributed by atoms with Crippen LogP contribution in [0.3, 0.4) is 0 Å². The number of nitrogens with one attached hydrogen (secondary N) is 1. The topological polar surface area (TPSA) is 50.7 Å². The molecule has 0 atom stereocenters. The summed E-state index contributed by atoms with van der Waals surface area (Å²) in [6, 6.07) is 17.8. The molecular formula is C19H20N2O2S2. The Labute approximate surface area is 156 Å². The Kier molecular flexibility index (Phi) is 6.82. The lowest BCUT2D eigenvalue weighted by molar-refractivity contribution is -0.118. The molecule has 2 aromatic carbocycles. The van der Waals surface area contributed by atoms with E-state index < -0.39 is 0 Å². The van der Waals surface area contributed by atoms with Crippen molar-refractivity contribution in [3.8, 4) is 5.75 Å². The van der Waals surface area contributed by atoms with Gasteiger partial charge in [-0.1, -0.05) is 30.3 Å². The third kappa shape index (κ3) is 6.14. The van der Waals surface area contributed by atoms with Gasteiger partial charge in [-0.05, 0) is 35.4 Å². The maximum absolute atomic E-state index is 11.8. The van der Waals surface area contributed by atoms with Gasteiger partial charge in [0, 0.05) is 17.3 Å². The average molecular weight is 373 g/mol. The van der Waals surface area contributed by atoms with Crippen LogP contribution in [0, 0.1) is 0 Å². The molecule has 1 fully saturated rings. The zero-order chi connectivity index (χ0) is 17.3. The van der Waals surface area contributed by atoms with Crippen molar-refractivity contribution in [3.63, 3.8) is 0 Å². The number of amides is 1. The van der Waals surface area contributed by atoms with Crippen molar-refractivity contribution < 1.29 is 9.53 Å². The summed E-state index contributed by atoms with van der Waals surface area (Å²) in [7, 11) is 0. The summed E-state index contributed by atoms with van der Waals surface area (Å²) in [6.07, 6.45) is 1.99. The molecule has 130 valence electrons. The third-order valence-corrected chi connectivity index (χ3v) is 5.76. The number of hydrogen-bond donors (Lipinski definition) is 1. The second-order valence-corrected chi connectivity index (χ2v) is 7.68. The van der Waals surface area contributed by atoms with Crippen molar-refractivity contribution >= 4 is 35.6 Å². The number of benzene rings is 2. The Morgan fingerprint density at radius 1 is 1.20 bits per heavy atom. The van der Waals surface area contributed by atoms with Gasteiger partial charge in [0.05, 0.1) is 12.0 Å². The first kappa shape index (κ1) is 17.9. The van der Waals surface area contributed by atoms with Crippen LogP contribution < -0.4 is 10.2 Å². The third-order valence-electron chi connectivity index (χ3n) is 3.54. The molecule has 0 bridgehead atoms. The fraction of sp³-hybridized carbons (Fsp3) is 0.263. The molecule has 4 nitrogen and oxygen atoms in total. The molecule has 0 unspecified atom stereocenters. The van der Waals surface area contributed by atoms with E-state index in [1.807, 2.05) is 54.2 Å². The van der Waals surface area contributed by atoms with Gasteiger partial charge in [-0.25, -0.2) is 5.43 Å². The van der Waals surface area contributed by atoms with Crippen molar-refractivity contribution in [1.82, 2.24) is 5.43 Å². The van der Waals surface area contributed by atoms with Crippen molar-refractivity contribution in [2.45, 2.75) is 11.9 Å². The van der Waals surface area contributed by atoms with Crippen LogP contribution in [-0.2, 0) is 10.5 Å². The van der Waals surface area contributed by atoms with E-state index in [4.69, 9.17) is 4.74 Å². The Morgan fingerprint density at radius 3 is 2.64 bits per heavy atom. The van der Waals surface area contributed by atoms with Crippen LogP contribution in [0.5, 0.6) is 5.75 Å². The second kappa shape index (κ2) is 9.53. The Balaban J connectivity index is 1.36. The van der Waals surface area contributed by atoms with Gasteiger partial charge in [0.15, 0.2) is 0 Å². The number of nitrogens with zero attached hydrogens (tertiary/aromatic N) is 1. The van der Waals surface area contributed by atoms with Crippen LogP contribution in [-0.4, -0.2) is 35.5 Å². The lowest BCUT2D eigenvalue weighted by Crippen LogP contribution is -2.30. The Hall–Kier alpha value is -1.92. The van der Waals surface area contributed by atoms with E-state index in [-0.39, 0.29) is 5.91 Å². The number of thioether (sulfide) groups is 2. The summed E-state index contributed by atoms with van der Waals surface area (Å²) in [5, 5.41) is 4.00. The van der Waals surface area contributed by atoms with Gasteiger partial charge in [0.25, 0.3) is 0 Å². The molecule has 0 radical (unpaired) electrons. The first-order chi connectivity index (χ1) is 12.3. The van der Waals surface area contributed by atoms with Crippen LogP contribution in [0.25, 0.3) is 0 Å². The lowest BCUT2D eigenvalue weighted by Gasteiger charge is -2.25. The maximum Gasteiger partial charge on any atom is 0.250 e. The molecule has 2 aromatic rings. The van der Waals surface area contributed by atoms with E-state index in [9.17, 15) is 4.79 Å². The second-order valence-electron chi connectivity index (χ2n) is 5.62. The Bertz CT molecular complexity index is 701. The number of carbonyl (C=O) groups excluding carboxylic acids is 1. The predicted octanol–water partition coefficient (Wildman–Crippen LogP) is 3.56. The standard InChI is InChI=1S/C19H20N2O2S2/c22-19(14-24-11-16-4-2-1-3-5-16)21-20-10-15-6-8-17(9-7-15)23-18-12-25-13-18/h1-10,18H,11-14H2,(H,21,22). The molecule has 1 aliphatic heterocycles. The van der Waals surface area contributed by atoms with Crippen LogP contribution in [0.4, 0.5) is 0 Å². The largest absolute Gasteiger partial charge is 0.489 e. The summed E-state index contributed by atoms with van der Waals surface area (Å²) in [5.74, 6) is 4.12. The summed E-state index contributed by atoms with van der Waals surface area (Å²) >= 11 is 3.47. The maximum atomic E-state index is 11.8. The fourth-order valence-corrected chi connectivity index (χ4v) is 3.50. The highest BCUT2D eigenvalue weighted by atomic mass is 32.2. The number of rotatable bonds is 8. The van der Waals surface area contributed by atoms with E-state index in [0.717, 1.165) is 28.6 Å². The van der Waals surface area contributed by atoms with Crippen molar-refractivity contribution in [3.05, 3.63) is 65.7 Å². The molecule has 1 amide bonds. The first-order valence-corrected chi connectivity index (χ1v) is 10.4. The van der Waals surface area contributed by atoms with E-state index in [0.29, 0.717) is 11.9 Å². The first-order valence-electron chi connectivity index (χ1n) is 8.07. The quantitative estimate of drug-likeness (QED) is 0.569. The number of ether oxygens (including phenoxy) is 1. The molecule has 6 heteroatoms. The van der Waals surface area contributed by atoms with Crippen LogP contribution in [0.15, 0.2) is 59.7 Å². The number of carbonyl (C=O) groups is 1. The minimum atomic E-state index is -0.0976. The minimum Gasteiger partial charge on any atom is -0.489 e. The monoisotopic (exact) mass is 372 g/mol. The smallest absolute Gasteiger partial charge is 0.250 e. The van der Waals surface area contributed by atoms with Crippen LogP contribution in [0.1, 0.15) is 11.1 Å². The zero-order valence-corrected chi connectivity index (χ0v) is 15.4. The minimum absolute atomic E-state index is 0.0976. The van der Waals surface area contributed by atoms with E-state index in [2.05, 4.69) is 22.7 Å². The molecule has 1 saturated heterocycles. The van der Waals surface area contributed by atoms with E-state index in [1.165, 1.54) is 5.56 Å². The highest BCUT2D eigenvalue weighted by molar-refractivity contribution is 8.00. The molecular weight excluding hydrogens is 352 g/mol.